The Morgan fingerprint density at radius 3 is 2.83 bits per heavy atom. The zero-order chi connectivity index (χ0) is 12.5. The molecular formula is C16H24N2. The van der Waals surface area contributed by atoms with Gasteiger partial charge in [-0.05, 0) is 61.9 Å². The predicted octanol–water partition coefficient (Wildman–Crippen LogP) is 2.61. The minimum Gasteiger partial charge on any atom is -0.371 e. The average Bonchev–Trinajstić information content (AvgIpc) is 2.85. The molecule has 1 heterocycles. The van der Waals surface area contributed by atoms with Crippen molar-refractivity contribution in [3.8, 4) is 0 Å². The quantitative estimate of drug-likeness (QED) is 0.860. The first kappa shape index (κ1) is 12.0. The summed E-state index contributed by atoms with van der Waals surface area (Å²) >= 11 is 0. The Kier molecular flexibility index (Phi) is 3.29. The molecule has 2 aliphatic rings. The van der Waals surface area contributed by atoms with E-state index in [1.54, 1.807) is 11.1 Å². The topological polar surface area (TPSA) is 15.3 Å². The van der Waals surface area contributed by atoms with Crippen molar-refractivity contribution in [2.45, 2.75) is 38.6 Å². The highest BCUT2D eigenvalue weighted by atomic mass is 15.2. The lowest BCUT2D eigenvalue weighted by Crippen LogP contribution is -2.47. The van der Waals surface area contributed by atoms with Crippen molar-refractivity contribution in [2.24, 2.45) is 5.92 Å². The molecule has 3 rings (SSSR count). The summed E-state index contributed by atoms with van der Waals surface area (Å²) < 4.78 is 0. The summed E-state index contributed by atoms with van der Waals surface area (Å²) in [5.41, 5.74) is 4.62. The Morgan fingerprint density at radius 1 is 1.22 bits per heavy atom. The minimum atomic E-state index is 0.690. The van der Waals surface area contributed by atoms with Crippen LogP contribution in [0.3, 0.4) is 0 Å². The van der Waals surface area contributed by atoms with Gasteiger partial charge in [-0.15, -0.1) is 0 Å². The van der Waals surface area contributed by atoms with Crippen molar-refractivity contribution in [3.63, 3.8) is 0 Å². The van der Waals surface area contributed by atoms with Gasteiger partial charge in [0.1, 0.15) is 0 Å². The van der Waals surface area contributed by atoms with Gasteiger partial charge in [0, 0.05) is 24.8 Å². The maximum absolute atomic E-state index is 3.44. The molecule has 1 aliphatic heterocycles. The van der Waals surface area contributed by atoms with E-state index in [-0.39, 0.29) is 0 Å². The van der Waals surface area contributed by atoms with E-state index in [9.17, 15) is 0 Å². The van der Waals surface area contributed by atoms with Crippen LogP contribution >= 0.6 is 0 Å². The van der Waals surface area contributed by atoms with Crippen LogP contribution in [0.4, 0.5) is 5.69 Å². The predicted molar refractivity (Wildman–Crippen MR) is 77.3 cm³/mol. The Labute approximate surface area is 110 Å². The number of hydrogen-bond acceptors (Lipinski definition) is 2. The summed E-state index contributed by atoms with van der Waals surface area (Å²) in [5.74, 6) is 0.733. The third kappa shape index (κ3) is 2.14. The number of benzene rings is 1. The summed E-state index contributed by atoms with van der Waals surface area (Å²) in [7, 11) is 2.09. The van der Waals surface area contributed by atoms with E-state index >= 15 is 0 Å². The van der Waals surface area contributed by atoms with E-state index in [0.29, 0.717) is 6.04 Å². The van der Waals surface area contributed by atoms with E-state index in [4.69, 9.17) is 0 Å². The summed E-state index contributed by atoms with van der Waals surface area (Å²) in [5, 5.41) is 3.44. The second-order valence-electron chi connectivity index (χ2n) is 5.91. The maximum atomic E-state index is 3.44. The fourth-order valence-electron chi connectivity index (χ4n) is 3.56. The third-order valence-corrected chi connectivity index (χ3v) is 4.72. The van der Waals surface area contributed by atoms with Gasteiger partial charge in [0.05, 0.1) is 0 Å². The van der Waals surface area contributed by atoms with Crippen molar-refractivity contribution >= 4 is 5.69 Å². The van der Waals surface area contributed by atoms with Crippen LogP contribution < -0.4 is 10.2 Å². The van der Waals surface area contributed by atoms with Crippen LogP contribution in [-0.4, -0.2) is 26.2 Å². The van der Waals surface area contributed by atoms with Gasteiger partial charge in [-0.3, -0.25) is 0 Å². The number of nitrogens with zero attached hydrogens (tertiary/aromatic N) is 1. The SMILES string of the molecule is CNC1CCN(c2ccc3c(c2)CCC3)CC1C. The summed E-state index contributed by atoms with van der Waals surface area (Å²) in [6.45, 7) is 4.74. The number of aryl methyl sites for hydroxylation is 2. The molecule has 0 radical (unpaired) electrons. The average molecular weight is 244 g/mol. The van der Waals surface area contributed by atoms with Crippen molar-refractivity contribution in [2.75, 3.05) is 25.0 Å². The fraction of sp³-hybridized carbons (Fsp3) is 0.625. The highest BCUT2D eigenvalue weighted by Gasteiger charge is 2.25. The highest BCUT2D eigenvalue weighted by Crippen LogP contribution is 2.29. The molecule has 1 aromatic rings. The Bertz CT molecular complexity index is 427. The molecule has 1 aromatic carbocycles. The maximum Gasteiger partial charge on any atom is 0.0369 e. The van der Waals surface area contributed by atoms with E-state index in [1.165, 1.54) is 44.5 Å². The number of rotatable bonds is 2. The lowest BCUT2D eigenvalue weighted by molar-refractivity contribution is 0.339. The molecule has 0 aromatic heterocycles. The Hall–Kier alpha value is -1.02. The van der Waals surface area contributed by atoms with E-state index < -0.39 is 0 Å². The Balaban J connectivity index is 1.76. The van der Waals surface area contributed by atoms with Crippen molar-refractivity contribution < 1.29 is 0 Å². The van der Waals surface area contributed by atoms with Gasteiger partial charge in [-0.1, -0.05) is 13.0 Å². The van der Waals surface area contributed by atoms with Crippen molar-refractivity contribution in [1.82, 2.24) is 5.32 Å². The third-order valence-electron chi connectivity index (χ3n) is 4.72. The van der Waals surface area contributed by atoms with Gasteiger partial charge in [0.15, 0.2) is 0 Å². The molecule has 2 heteroatoms. The van der Waals surface area contributed by atoms with Crippen molar-refractivity contribution in [1.29, 1.82) is 0 Å². The highest BCUT2D eigenvalue weighted by molar-refractivity contribution is 5.52. The summed E-state index contributed by atoms with van der Waals surface area (Å²) in [4.78, 5) is 2.57. The second-order valence-corrected chi connectivity index (χ2v) is 5.91. The molecular weight excluding hydrogens is 220 g/mol. The van der Waals surface area contributed by atoms with Gasteiger partial charge in [0.25, 0.3) is 0 Å². The number of fused-ring (bicyclic) bond motifs is 1. The van der Waals surface area contributed by atoms with Gasteiger partial charge in [0.2, 0.25) is 0 Å². The van der Waals surface area contributed by atoms with E-state index in [1.807, 2.05) is 0 Å². The van der Waals surface area contributed by atoms with E-state index in [2.05, 4.69) is 42.4 Å². The molecule has 1 saturated heterocycles. The molecule has 98 valence electrons. The first-order valence-corrected chi connectivity index (χ1v) is 7.32. The lowest BCUT2D eigenvalue weighted by Gasteiger charge is -2.38. The molecule has 1 aliphatic carbocycles. The van der Waals surface area contributed by atoms with Crippen LogP contribution in [0.25, 0.3) is 0 Å². The first-order chi connectivity index (χ1) is 8.78. The van der Waals surface area contributed by atoms with Gasteiger partial charge >= 0.3 is 0 Å². The molecule has 0 saturated carbocycles. The number of anilines is 1. The molecule has 0 bridgehead atoms. The normalized spacial score (nSPS) is 27.3. The van der Waals surface area contributed by atoms with Gasteiger partial charge in [-0.25, -0.2) is 0 Å². The monoisotopic (exact) mass is 244 g/mol. The molecule has 2 atom stereocenters. The van der Waals surface area contributed by atoms with Crippen LogP contribution in [0.2, 0.25) is 0 Å². The van der Waals surface area contributed by atoms with Gasteiger partial charge in [-0.2, -0.15) is 0 Å². The van der Waals surface area contributed by atoms with Gasteiger partial charge < -0.3 is 10.2 Å². The Morgan fingerprint density at radius 2 is 2.06 bits per heavy atom. The minimum absolute atomic E-state index is 0.690. The van der Waals surface area contributed by atoms with Crippen LogP contribution in [0, 0.1) is 5.92 Å². The van der Waals surface area contributed by atoms with E-state index in [0.717, 1.165) is 5.92 Å². The summed E-state index contributed by atoms with van der Waals surface area (Å²) in [6, 6.07) is 7.81. The molecule has 18 heavy (non-hydrogen) atoms. The molecule has 2 nitrogen and oxygen atoms in total. The standard InChI is InChI=1S/C16H24N2/c1-12-11-18(9-8-16(12)17-2)15-7-6-13-4-3-5-14(13)10-15/h6-7,10,12,16-17H,3-5,8-9,11H2,1-2H3. The first-order valence-electron chi connectivity index (χ1n) is 7.32. The number of hydrogen-bond donors (Lipinski definition) is 1. The molecule has 0 amide bonds. The largest absolute Gasteiger partial charge is 0.371 e. The smallest absolute Gasteiger partial charge is 0.0369 e. The molecule has 1 N–H and O–H groups in total. The van der Waals surface area contributed by atoms with Crippen molar-refractivity contribution in [3.05, 3.63) is 29.3 Å². The fourth-order valence-corrected chi connectivity index (χ4v) is 3.56. The van der Waals surface area contributed by atoms with Crippen LogP contribution in [-0.2, 0) is 12.8 Å². The molecule has 0 spiro atoms. The second kappa shape index (κ2) is 4.93. The molecule has 1 fully saturated rings. The summed E-state index contributed by atoms with van der Waals surface area (Å²) in [6.07, 6.45) is 5.17. The zero-order valence-corrected chi connectivity index (χ0v) is 11.6. The lowest BCUT2D eigenvalue weighted by atomic mass is 9.93. The zero-order valence-electron chi connectivity index (χ0n) is 11.6. The number of piperidine rings is 1. The number of nitrogens with one attached hydrogen (secondary N) is 1. The van der Waals surface area contributed by atoms with Crippen LogP contribution in [0.1, 0.15) is 30.9 Å². The van der Waals surface area contributed by atoms with Crippen LogP contribution in [0.15, 0.2) is 18.2 Å². The molecule has 2 unspecified atom stereocenters. The van der Waals surface area contributed by atoms with Crippen LogP contribution in [0.5, 0.6) is 0 Å².